The second kappa shape index (κ2) is 6.78. The zero-order chi connectivity index (χ0) is 16.2. The van der Waals surface area contributed by atoms with Gasteiger partial charge in [-0.25, -0.2) is 4.98 Å². The molecule has 0 radical (unpaired) electrons. The fourth-order valence-electron chi connectivity index (χ4n) is 3.02. The quantitative estimate of drug-likeness (QED) is 0.890. The number of nitrogens with one attached hydrogen (secondary N) is 1. The van der Waals surface area contributed by atoms with E-state index in [1.807, 2.05) is 22.9 Å². The molecule has 7 heteroatoms. The Hall–Kier alpha value is -2.41. The number of methoxy groups -OCH3 is 1. The van der Waals surface area contributed by atoms with Crippen molar-refractivity contribution in [1.29, 1.82) is 0 Å². The fraction of sp³-hybridized carbons (Fsp3) is 0.438. The van der Waals surface area contributed by atoms with E-state index in [0.717, 1.165) is 30.9 Å². The van der Waals surface area contributed by atoms with Crippen LogP contribution in [0.1, 0.15) is 23.7 Å². The van der Waals surface area contributed by atoms with Crippen LogP contribution in [-0.2, 0) is 17.9 Å². The van der Waals surface area contributed by atoms with Crippen molar-refractivity contribution in [1.82, 2.24) is 25.0 Å². The SMILES string of the molecule is CNC(=O)C[C@H]1CN(Cc2cccnc2OC)Cc2ccnn21. The summed E-state index contributed by atoms with van der Waals surface area (Å²) in [5.74, 6) is 0.673. The third-order valence-electron chi connectivity index (χ3n) is 4.09. The monoisotopic (exact) mass is 315 g/mol. The van der Waals surface area contributed by atoms with Crippen LogP contribution in [0.2, 0.25) is 0 Å². The minimum Gasteiger partial charge on any atom is -0.481 e. The van der Waals surface area contributed by atoms with E-state index in [-0.39, 0.29) is 11.9 Å². The number of nitrogens with zero attached hydrogens (tertiary/aromatic N) is 4. The van der Waals surface area contributed by atoms with Gasteiger partial charge in [0.25, 0.3) is 0 Å². The van der Waals surface area contributed by atoms with Gasteiger partial charge in [-0.3, -0.25) is 14.4 Å². The highest BCUT2D eigenvalue weighted by Gasteiger charge is 2.27. The van der Waals surface area contributed by atoms with Crippen LogP contribution in [0, 0.1) is 0 Å². The van der Waals surface area contributed by atoms with Crippen LogP contribution in [0.4, 0.5) is 0 Å². The number of rotatable bonds is 5. The topological polar surface area (TPSA) is 72.3 Å². The van der Waals surface area contributed by atoms with E-state index in [1.54, 1.807) is 26.6 Å². The summed E-state index contributed by atoms with van der Waals surface area (Å²) in [4.78, 5) is 18.3. The smallest absolute Gasteiger partial charge is 0.221 e. The zero-order valence-corrected chi connectivity index (χ0v) is 13.4. The van der Waals surface area contributed by atoms with Gasteiger partial charge in [0.15, 0.2) is 0 Å². The van der Waals surface area contributed by atoms with Crippen molar-refractivity contribution in [2.45, 2.75) is 25.6 Å². The van der Waals surface area contributed by atoms with E-state index < -0.39 is 0 Å². The predicted molar refractivity (Wildman–Crippen MR) is 84.9 cm³/mol. The number of amides is 1. The van der Waals surface area contributed by atoms with Crippen LogP contribution in [-0.4, -0.2) is 46.3 Å². The first-order valence-electron chi connectivity index (χ1n) is 7.64. The third kappa shape index (κ3) is 3.34. The summed E-state index contributed by atoms with van der Waals surface area (Å²) in [5, 5.41) is 7.06. The number of carbonyl (C=O) groups is 1. The number of aromatic nitrogens is 3. The predicted octanol–water partition coefficient (Wildman–Crippen LogP) is 0.980. The molecule has 2 aromatic rings. The molecule has 2 aromatic heterocycles. The highest BCUT2D eigenvalue weighted by molar-refractivity contribution is 5.76. The van der Waals surface area contributed by atoms with Gasteiger partial charge in [-0.2, -0.15) is 5.10 Å². The Labute approximate surface area is 135 Å². The Balaban J connectivity index is 1.78. The molecular weight excluding hydrogens is 294 g/mol. The number of ether oxygens (including phenoxy) is 1. The standard InChI is InChI=1S/C16H21N5O2/c1-17-15(22)8-14-11-20(10-13-5-7-19-21(13)14)9-12-4-3-6-18-16(12)23-2/h3-7,14H,8-11H2,1-2H3,(H,17,22)/t14-/m0/s1. The summed E-state index contributed by atoms with van der Waals surface area (Å²) >= 11 is 0. The van der Waals surface area contributed by atoms with Crippen molar-refractivity contribution in [2.24, 2.45) is 0 Å². The van der Waals surface area contributed by atoms with Gasteiger partial charge in [-0.1, -0.05) is 6.07 Å². The van der Waals surface area contributed by atoms with Gasteiger partial charge in [-0.15, -0.1) is 0 Å². The Morgan fingerprint density at radius 3 is 3.09 bits per heavy atom. The third-order valence-corrected chi connectivity index (χ3v) is 4.09. The van der Waals surface area contributed by atoms with Gasteiger partial charge in [0.05, 0.1) is 25.3 Å². The highest BCUT2D eigenvalue weighted by Crippen LogP contribution is 2.26. The Morgan fingerprint density at radius 2 is 2.30 bits per heavy atom. The van der Waals surface area contributed by atoms with Gasteiger partial charge in [0.2, 0.25) is 11.8 Å². The lowest BCUT2D eigenvalue weighted by Gasteiger charge is -2.33. The first-order chi connectivity index (χ1) is 11.2. The minimum atomic E-state index is 0.0252. The molecule has 0 aromatic carbocycles. The Bertz CT molecular complexity index is 685. The van der Waals surface area contributed by atoms with Crippen molar-refractivity contribution in [3.05, 3.63) is 41.9 Å². The van der Waals surface area contributed by atoms with E-state index in [0.29, 0.717) is 12.3 Å². The molecule has 3 heterocycles. The fourth-order valence-corrected chi connectivity index (χ4v) is 3.02. The van der Waals surface area contributed by atoms with Gasteiger partial charge >= 0.3 is 0 Å². The molecule has 7 nitrogen and oxygen atoms in total. The summed E-state index contributed by atoms with van der Waals surface area (Å²) < 4.78 is 7.30. The van der Waals surface area contributed by atoms with Crippen molar-refractivity contribution in [3.63, 3.8) is 0 Å². The van der Waals surface area contributed by atoms with E-state index >= 15 is 0 Å². The minimum absolute atomic E-state index is 0.0252. The molecule has 1 N–H and O–H groups in total. The zero-order valence-electron chi connectivity index (χ0n) is 13.4. The normalized spacial score (nSPS) is 17.6. The van der Waals surface area contributed by atoms with Crippen molar-refractivity contribution in [2.75, 3.05) is 20.7 Å². The summed E-state index contributed by atoms with van der Waals surface area (Å²) in [6.45, 7) is 2.29. The lowest BCUT2D eigenvalue weighted by atomic mass is 10.1. The van der Waals surface area contributed by atoms with Crippen molar-refractivity contribution in [3.8, 4) is 5.88 Å². The van der Waals surface area contributed by atoms with Crippen LogP contribution in [0.15, 0.2) is 30.6 Å². The van der Waals surface area contributed by atoms with E-state index in [9.17, 15) is 4.79 Å². The largest absolute Gasteiger partial charge is 0.481 e. The van der Waals surface area contributed by atoms with Gasteiger partial charge in [0.1, 0.15) is 0 Å². The molecule has 1 atom stereocenters. The Kier molecular flexibility index (Phi) is 4.57. The van der Waals surface area contributed by atoms with Crippen LogP contribution in [0.5, 0.6) is 5.88 Å². The highest BCUT2D eigenvalue weighted by atomic mass is 16.5. The lowest BCUT2D eigenvalue weighted by molar-refractivity contribution is -0.121. The molecular formula is C16H21N5O2. The molecule has 122 valence electrons. The van der Waals surface area contributed by atoms with Crippen molar-refractivity contribution < 1.29 is 9.53 Å². The number of pyridine rings is 1. The molecule has 1 aliphatic rings. The molecule has 0 unspecified atom stereocenters. The number of carbonyl (C=O) groups excluding carboxylic acids is 1. The first-order valence-corrected chi connectivity index (χ1v) is 7.64. The van der Waals surface area contributed by atoms with Crippen LogP contribution in [0.25, 0.3) is 0 Å². The van der Waals surface area contributed by atoms with Gasteiger partial charge in [-0.05, 0) is 12.1 Å². The van der Waals surface area contributed by atoms with Gasteiger partial charge in [0, 0.05) is 44.6 Å². The molecule has 0 fully saturated rings. The summed E-state index contributed by atoms with van der Waals surface area (Å²) in [5.41, 5.74) is 2.16. The average molecular weight is 315 g/mol. The molecule has 23 heavy (non-hydrogen) atoms. The van der Waals surface area contributed by atoms with Crippen molar-refractivity contribution >= 4 is 5.91 Å². The molecule has 0 spiro atoms. The average Bonchev–Trinajstić information content (AvgIpc) is 3.04. The molecule has 0 saturated carbocycles. The number of fused-ring (bicyclic) bond motifs is 1. The van der Waals surface area contributed by atoms with Crippen LogP contribution < -0.4 is 10.1 Å². The molecule has 1 aliphatic heterocycles. The summed E-state index contributed by atoms with van der Waals surface area (Å²) in [6, 6.07) is 5.97. The second-order valence-corrected chi connectivity index (χ2v) is 5.64. The van der Waals surface area contributed by atoms with Gasteiger partial charge < -0.3 is 10.1 Å². The molecule has 3 rings (SSSR count). The van der Waals surface area contributed by atoms with E-state index in [1.165, 1.54) is 0 Å². The van der Waals surface area contributed by atoms with E-state index in [2.05, 4.69) is 20.3 Å². The second-order valence-electron chi connectivity index (χ2n) is 5.64. The van der Waals surface area contributed by atoms with Crippen LogP contribution >= 0.6 is 0 Å². The van der Waals surface area contributed by atoms with E-state index in [4.69, 9.17) is 4.74 Å². The molecule has 1 amide bonds. The molecule has 0 saturated heterocycles. The molecule has 0 bridgehead atoms. The number of hydrogen-bond donors (Lipinski definition) is 1. The summed E-state index contributed by atoms with van der Waals surface area (Å²) in [6.07, 6.45) is 3.94. The Morgan fingerprint density at radius 1 is 1.43 bits per heavy atom. The lowest BCUT2D eigenvalue weighted by Crippen LogP contribution is -2.39. The maximum Gasteiger partial charge on any atom is 0.221 e. The number of hydrogen-bond acceptors (Lipinski definition) is 5. The summed E-state index contributed by atoms with van der Waals surface area (Å²) in [7, 11) is 3.29. The maximum absolute atomic E-state index is 11.8. The maximum atomic E-state index is 11.8. The first kappa shape index (κ1) is 15.5. The van der Waals surface area contributed by atoms with Crippen LogP contribution in [0.3, 0.4) is 0 Å². The molecule has 0 aliphatic carbocycles.